The minimum atomic E-state index is 0.0506. The maximum atomic E-state index is 12.6. The lowest BCUT2D eigenvalue weighted by molar-refractivity contribution is -0.133. The molecule has 2 saturated heterocycles. The number of rotatable bonds is 7. The highest BCUT2D eigenvalue weighted by Crippen LogP contribution is 2.24. The van der Waals surface area contributed by atoms with Gasteiger partial charge in [0.05, 0.1) is 5.92 Å². The first-order valence-electron chi connectivity index (χ1n) is 10.6. The average Bonchev–Trinajstić information content (AvgIpc) is 2.76. The Bertz CT molecular complexity index is 631. The minimum absolute atomic E-state index is 0.0506. The number of hydrogen-bond donors (Lipinski definition) is 2. The second kappa shape index (κ2) is 10.5. The maximum Gasteiger partial charge on any atom is 0.224 e. The second-order valence-corrected chi connectivity index (χ2v) is 7.92. The van der Waals surface area contributed by atoms with Crippen LogP contribution in [-0.2, 0) is 16.1 Å². The Labute approximate surface area is 167 Å². The molecule has 7 heteroatoms. The number of carbonyl (C=O) groups excluding carboxylic acids is 2. The summed E-state index contributed by atoms with van der Waals surface area (Å²) in [6.07, 6.45) is 8.85. The predicted octanol–water partition coefficient (Wildman–Crippen LogP) is 1.14. The van der Waals surface area contributed by atoms with Crippen molar-refractivity contribution in [1.29, 1.82) is 0 Å². The van der Waals surface area contributed by atoms with Crippen molar-refractivity contribution in [2.75, 3.05) is 32.7 Å². The molecule has 0 spiro atoms. The number of nitrogens with zero attached hydrogens (tertiary/aromatic N) is 3. The van der Waals surface area contributed by atoms with E-state index in [0.717, 1.165) is 63.8 Å². The third-order valence-electron chi connectivity index (χ3n) is 5.94. The van der Waals surface area contributed by atoms with E-state index in [4.69, 9.17) is 5.73 Å². The van der Waals surface area contributed by atoms with Gasteiger partial charge in [0.2, 0.25) is 11.8 Å². The van der Waals surface area contributed by atoms with Crippen LogP contribution >= 0.6 is 0 Å². The van der Waals surface area contributed by atoms with E-state index in [2.05, 4.69) is 15.2 Å². The molecule has 0 radical (unpaired) electrons. The van der Waals surface area contributed by atoms with Crippen molar-refractivity contribution in [2.24, 2.45) is 11.7 Å². The molecule has 0 saturated carbocycles. The molecular formula is C21H33N5O2. The van der Waals surface area contributed by atoms with Gasteiger partial charge in [0.25, 0.3) is 0 Å². The summed E-state index contributed by atoms with van der Waals surface area (Å²) in [6.45, 7) is 4.63. The number of pyridine rings is 1. The molecule has 1 atom stereocenters. The molecule has 7 nitrogen and oxygen atoms in total. The van der Waals surface area contributed by atoms with Crippen molar-refractivity contribution in [3.63, 3.8) is 0 Å². The Kier molecular flexibility index (Phi) is 7.80. The molecule has 3 heterocycles. The molecule has 0 aromatic carbocycles. The van der Waals surface area contributed by atoms with Crippen LogP contribution in [0.15, 0.2) is 24.5 Å². The van der Waals surface area contributed by atoms with Crippen molar-refractivity contribution in [1.82, 2.24) is 20.1 Å². The topological polar surface area (TPSA) is 91.6 Å². The molecule has 0 aliphatic carbocycles. The zero-order valence-corrected chi connectivity index (χ0v) is 16.7. The quantitative estimate of drug-likeness (QED) is 0.732. The zero-order chi connectivity index (χ0) is 19.8. The Hall–Kier alpha value is -1.99. The molecule has 2 aliphatic heterocycles. The molecule has 0 bridgehead atoms. The van der Waals surface area contributed by atoms with Crippen LogP contribution in [-0.4, -0.2) is 65.4 Å². The summed E-state index contributed by atoms with van der Waals surface area (Å²) >= 11 is 0. The van der Waals surface area contributed by atoms with E-state index in [1.165, 1.54) is 0 Å². The predicted molar refractivity (Wildman–Crippen MR) is 108 cm³/mol. The summed E-state index contributed by atoms with van der Waals surface area (Å²) in [5.74, 6) is 0.424. The van der Waals surface area contributed by atoms with Crippen molar-refractivity contribution in [3.05, 3.63) is 30.1 Å². The highest BCUT2D eigenvalue weighted by molar-refractivity contribution is 5.79. The Morgan fingerprint density at radius 2 is 2.04 bits per heavy atom. The Morgan fingerprint density at radius 1 is 1.21 bits per heavy atom. The maximum absolute atomic E-state index is 12.6. The molecule has 1 aromatic rings. The number of piperidine rings is 2. The lowest BCUT2D eigenvalue weighted by Crippen LogP contribution is -2.51. The van der Waals surface area contributed by atoms with Gasteiger partial charge in [0.1, 0.15) is 0 Å². The van der Waals surface area contributed by atoms with Gasteiger partial charge in [0, 0.05) is 51.0 Å². The van der Waals surface area contributed by atoms with Crippen LogP contribution in [0.25, 0.3) is 0 Å². The van der Waals surface area contributed by atoms with Gasteiger partial charge < -0.3 is 16.0 Å². The molecule has 2 aliphatic rings. The normalized spacial score (nSPS) is 21.5. The van der Waals surface area contributed by atoms with E-state index in [1.54, 1.807) is 12.4 Å². The van der Waals surface area contributed by atoms with E-state index in [1.807, 2.05) is 17.0 Å². The molecule has 3 N–H and O–H groups in total. The molecule has 3 rings (SSSR count). The fourth-order valence-electron chi connectivity index (χ4n) is 4.28. The van der Waals surface area contributed by atoms with Crippen LogP contribution in [0.1, 0.15) is 44.1 Å². The summed E-state index contributed by atoms with van der Waals surface area (Å²) < 4.78 is 0. The highest BCUT2D eigenvalue weighted by atomic mass is 16.2. The van der Waals surface area contributed by atoms with Crippen molar-refractivity contribution in [3.8, 4) is 0 Å². The van der Waals surface area contributed by atoms with Gasteiger partial charge in [0.15, 0.2) is 0 Å². The fourth-order valence-corrected chi connectivity index (χ4v) is 4.28. The number of amides is 2. The smallest absolute Gasteiger partial charge is 0.224 e. The highest BCUT2D eigenvalue weighted by Gasteiger charge is 2.32. The van der Waals surface area contributed by atoms with Gasteiger partial charge in [-0.3, -0.25) is 19.5 Å². The van der Waals surface area contributed by atoms with E-state index >= 15 is 0 Å². The molecule has 154 valence electrons. The van der Waals surface area contributed by atoms with Crippen LogP contribution in [0.2, 0.25) is 0 Å². The van der Waals surface area contributed by atoms with Gasteiger partial charge in [-0.05, 0) is 56.8 Å². The van der Waals surface area contributed by atoms with Gasteiger partial charge in [-0.1, -0.05) is 6.07 Å². The van der Waals surface area contributed by atoms with Crippen LogP contribution in [0.5, 0.6) is 0 Å². The molecular weight excluding hydrogens is 354 g/mol. The standard InChI is InChI=1S/C21H33N5O2/c22-9-1-6-20(27)25-12-7-19(8-13-25)26-11-3-5-18(16-26)21(28)24-15-17-4-2-10-23-14-17/h2,4,10,14,18-19H,1,3,5-9,11-13,15-16,22H2,(H,24,28). The molecule has 2 amide bonds. The van der Waals surface area contributed by atoms with Crippen LogP contribution < -0.4 is 11.1 Å². The number of likely N-dealkylation sites (tertiary alicyclic amines) is 2. The SMILES string of the molecule is NCCCC(=O)N1CCC(N2CCCC(C(=O)NCc3cccnc3)C2)CC1. The first-order chi connectivity index (χ1) is 13.7. The summed E-state index contributed by atoms with van der Waals surface area (Å²) in [6, 6.07) is 4.34. The molecule has 1 aromatic heterocycles. The van der Waals surface area contributed by atoms with Gasteiger partial charge >= 0.3 is 0 Å². The van der Waals surface area contributed by atoms with Gasteiger partial charge in [-0.2, -0.15) is 0 Å². The van der Waals surface area contributed by atoms with E-state index in [-0.39, 0.29) is 17.7 Å². The zero-order valence-electron chi connectivity index (χ0n) is 16.7. The number of hydrogen-bond acceptors (Lipinski definition) is 5. The summed E-state index contributed by atoms with van der Waals surface area (Å²) in [5, 5.41) is 3.06. The number of nitrogens with one attached hydrogen (secondary N) is 1. The third kappa shape index (κ3) is 5.75. The molecule has 28 heavy (non-hydrogen) atoms. The van der Waals surface area contributed by atoms with Gasteiger partial charge in [-0.25, -0.2) is 0 Å². The summed E-state index contributed by atoms with van der Waals surface area (Å²) in [5.41, 5.74) is 6.53. The van der Waals surface area contributed by atoms with E-state index in [9.17, 15) is 9.59 Å². The molecule has 2 fully saturated rings. The minimum Gasteiger partial charge on any atom is -0.352 e. The van der Waals surface area contributed by atoms with Crippen LogP contribution in [0.3, 0.4) is 0 Å². The van der Waals surface area contributed by atoms with Crippen molar-refractivity contribution < 1.29 is 9.59 Å². The number of carbonyl (C=O) groups is 2. The van der Waals surface area contributed by atoms with Gasteiger partial charge in [-0.15, -0.1) is 0 Å². The van der Waals surface area contributed by atoms with E-state index in [0.29, 0.717) is 25.6 Å². The van der Waals surface area contributed by atoms with Crippen LogP contribution in [0, 0.1) is 5.92 Å². The number of nitrogens with two attached hydrogens (primary N) is 1. The lowest BCUT2D eigenvalue weighted by Gasteiger charge is -2.42. The third-order valence-corrected chi connectivity index (χ3v) is 5.94. The largest absolute Gasteiger partial charge is 0.352 e. The monoisotopic (exact) mass is 387 g/mol. The van der Waals surface area contributed by atoms with Crippen LogP contribution in [0.4, 0.5) is 0 Å². The number of aromatic nitrogens is 1. The van der Waals surface area contributed by atoms with E-state index < -0.39 is 0 Å². The lowest BCUT2D eigenvalue weighted by atomic mass is 9.93. The summed E-state index contributed by atoms with van der Waals surface area (Å²) in [4.78, 5) is 33.3. The Balaban J connectivity index is 1.43. The average molecular weight is 388 g/mol. The van der Waals surface area contributed by atoms with Crippen molar-refractivity contribution in [2.45, 2.75) is 51.1 Å². The first kappa shape index (κ1) is 20.7. The first-order valence-corrected chi connectivity index (χ1v) is 10.6. The summed E-state index contributed by atoms with van der Waals surface area (Å²) in [7, 11) is 0. The van der Waals surface area contributed by atoms with Crippen molar-refractivity contribution >= 4 is 11.8 Å². The fraction of sp³-hybridized carbons (Fsp3) is 0.667. The Morgan fingerprint density at radius 3 is 2.75 bits per heavy atom. The second-order valence-electron chi connectivity index (χ2n) is 7.92. The molecule has 1 unspecified atom stereocenters.